The van der Waals surface area contributed by atoms with E-state index in [1.807, 2.05) is 24.1 Å². The summed E-state index contributed by atoms with van der Waals surface area (Å²) >= 11 is 0. The Balaban J connectivity index is 1.07. The number of carbonyl (C=O) groups is 6. The van der Waals surface area contributed by atoms with Gasteiger partial charge in [0.15, 0.2) is 0 Å². The lowest BCUT2D eigenvalue weighted by Gasteiger charge is -2.36. The molecular formula is C40H54F2N10O9. The van der Waals surface area contributed by atoms with Crippen LogP contribution in [0.1, 0.15) is 36.0 Å². The molecule has 332 valence electrons. The molecule has 3 aliphatic heterocycles. The van der Waals surface area contributed by atoms with E-state index in [1.165, 1.54) is 12.3 Å². The molecule has 2 atom stereocenters. The molecule has 0 saturated carbocycles. The molecule has 19 nitrogen and oxygen atoms in total. The van der Waals surface area contributed by atoms with E-state index >= 15 is 0 Å². The molecule has 21 heteroatoms. The lowest BCUT2D eigenvalue weighted by atomic mass is 10.1. The van der Waals surface area contributed by atoms with Gasteiger partial charge in [-0.25, -0.2) is 8.78 Å². The van der Waals surface area contributed by atoms with Crippen molar-refractivity contribution in [2.24, 2.45) is 0 Å². The quantitative estimate of drug-likeness (QED) is 0.164. The molecule has 4 heterocycles. The number of hydrogen-bond donors (Lipinski definition) is 4. The SMILES string of the molecule is CN(CCCN1CCN(C(=O)CC[C@H](C(=O)O)N2CCN(CC(=O)O)CCN(CC(=O)O)CC2)CC1)c1ccc2nccc(C(=O)NCC(=O)N3CC(F)(F)C[C@H]3C#N)c2c1. The van der Waals surface area contributed by atoms with E-state index in [4.69, 9.17) is 0 Å². The van der Waals surface area contributed by atoms with Crippen LogP contribution in [0, 0.1) is 11.3 Å². The van der Waals surface area contributed by atoms with Crippen molar-refractivity contribution in [3.8, 4) is 6.07 Å². The molecule has 0 unspecified atom stereocenters. The van der Waals surface area contributed by atoms with Crippen LogP contribution in [0.2, 0.25) is 0 Å². The highest BCUT2D eigenvalue weighted by atomic mass is 19.3. The highest BCUT2D eigenvalue weighted by Gasteiger charge is 2.47. The van der Waals surface area contributed by atoms with E-state index in [-0.39, 0.29) is 63.6 Å². The zero-order valence-electron chi connectivity index (χ0n) is 34.3. The maximum Gasteiger partial charge on any atom is 0.320 e. The lowest BCUT2D eigenvalue weighted by Crippen LogP contribution is -2.50. The number of likely N-dealkylation sites (tertiary alicyclic amines) is 1. The number of halogens is 2. The van der Waals surface area contributed by atoms with Crippen molar-refractivity contribution in [2.45, 2.75) is 43.7 Å². The van der Waals surface area contributed by atoms with Crippen molar-refractivity contribution < 1.29 is 52.9 Å². The average Bonchev–Trinajstić information content (AvgIpc) is 3.59. The van der Waals surface area contributed by atoms with Crippen LogP contribution in [0.5, 0.6) is 0 Å². The molecule has 61 heavy (non-hydrogen) atoms. The van der Waals surface area contributed by atoms with Crippen LogP contribution in [0.3, 0.4) is 0 Å². The molecular weight excluding hydrogens is 802 g/mol. The monoisotopic (exact) mass is 856 g/mol. The number of nitriles is 1. The number of carboxylic acids is 3. The minimum atomic E-state index is -3.16. The topological polar surface area (TPSA) is 234 Å². The van der Waals surface area contributed by atoms with Crippen molar-refractivity contribution in [1.82, 2.24) is 39.7 Å². The molecule has 5 rings (SSSR count). The number of pyridine rings is 1. The molecule has 0 aliphatic carbocycles. The number of piperazine rings is 1. The van der Waals surface area contributed by atoms with E-state index in [0.29, 0.717) is 56.7 Å². The van der Waals surface area contributed by atoms with Gasteiger partial charge >= 0.3 is 17.9 Å². The molecule has 3 fully saturated rings. The number of rotatable bonds is 17. The largest absolute Gasteiger partial charge is 0.480 e. The fourth-order valence-electron chi connectivity index (χ4n) is 8.05. The molecule has 3 amide bonds. The maximum absolute atomic E-state index is 13.8. The van der Waals surface area contributed by atoms with Gasteiger partial charge in [0.2, 0.25) is 11.8 Å². The Morgan fingerprint density at radius 3 is 2.13 bits per heavy atom. The smallest absolute Gasteiger partial charge is 0.320 e. The van der Waals surface area contributed by atoms with E-state index < -0.39 is 67.2 Å². The van der Waals surface area contributed by atoms with Crippen LogP contribution in [-0.2, 0) is 24.0 Å². The molecule has 1 aromatic carbocycles. The van der Waals surface area contributed by atoms with Gasteiger partial charge in [0, 0.05) is 109 Å². The summed E-state index contributed by atoms with van der Waals surface area (Å²) in [6.45, 7) is 3.49. The summed E-state index contributed by atoms with van der Waals surface area (Å²) in [7, 11) is 1.92. The highest BCUT2D eigenvalue weighted by Crippen LogP contribution is 2.31. The number of anilines is 1. The average molecular weight is 857 g/mol. The fourth-order valence-corrected chi connectivity index (χ4v) is 8.05. The van der Waals surface area contributed by atoms with Gasteiger partial charge in [-0.1, -0.05) is 0 Å². The molecule has 2 aromatic rings. The third-order valence-electron chi connectivity index (χ3n) is 11.5. The minimum Gasteiger partial charge on any atom is -0.480 e. The summed E-state index contributed by atoms with van der Waals surface area (Å²) < 4.78 is 27.7. The standard InChI is InChI=1S/C40H54F2N10O9/c1-46(28-3-4-32-31(21-28)30(7-8-44-32)38(59)45-24-35(54)52-27-40(41,42)22-29(52)23-43)9-2-10-47-13-19-51(20-14-47)34(53)6-5-33(39(60)61)50-17-15-48(25-36(55)56)11-12-49(16-18-50)26-37(57)58/h3-4,7-8,21,29,33H,2,5-6,9-20,22,24-27H2,1H3,(H,45,59)(H,55,56)(H,57,58)(H,60,61)/t29-,33+/m0/s1. The third-order valence-corrected chi connectivity index (χ3v) is 11.5. The number of nitrogens with zero attached hydrogens (tertiary/aromatic N) is 9. The highest BCUT2D eigenvalue weighted by molar-refractivity contribution is 6.07. The molecule has 0 spiro atoms. The molecule has 0 bridgehead atoms. The summed E-state index contributed by atoms with van der Waals surface area (Å²) in [5, 5.41) is 41.1. The minimum absolute atomic E-state index is 0.0155. The first kappa shape index (κ1) is 46.5. The van der Waals surface area contributed by atoms with Gasteiger partial charge in [0.05, 0.1) is 43.3 Å². The number of fused-ring (bicyclic) bond motifs is 1. The second kappa shape index (κ2) is 21.3. The molecule has 3 saturated heterocycles. The zero-order chi connectivity index (χ0) is 44.3. The Labute approximate surface area is 352 Å². The van der Waals surface area contributed by atoms with E-state index in [2.05, 4.69) is 15.2 Å². The van der Waals surface area contributed by atoms with Gasteiger partial charge in [0.25, 0.3) is 11.8 Å². The number of carbonyl (C=O) groups excluding carboxylic acids is 3. The van der Waals surface area contributed by atoms with Gasteiger partial charge in [-0.15, -0.1) is 0 Å². The number of hydrogen-bond acceptors (Lipinski definition) is 13. The lowest BCUT2D eigenvalue weighted by molar-refractivity contribution is -0.145. The van der Waals surface area contributed by atoms with Crippen molar-refractivity contribution >= 4 is 52.2 Å². The summed E-state index contributed by atoms with van der Waals surface area (Å²) in [6, 6.07) is 6.46. The van der Waals surface area contributed by atoms with Crippen LogP contribution in [0.25, 0.3) is 10.9 Å². The number of nitrogens with one attached hydrogen (secondary N) is 1. The Kier molecular flexibility index (Phi) is 16.2. The van der Waals surface area contributed by atoms with Gasteiger partial charge in [-0.2, -0.15) is 5.26 Å². The normalized spacial score (nSPS) is 19.9. The second-order valence-corrected chi connectivity index (χ2v) is 15.7. The summed E-state index contributed by atoms with van der Waals surface area (Å²) in [6.07, 6.45) is 1.58. The van der Waals surface area contributed by atoms with Crippen LogP contribution < -0.4 is 10.2 Å². The predicted octanol–water partition coefficient (Wildman–Crippen LogP) is 0.0171. The molecule has 0 radical (unpaired) electrons. The Morgan fingerprint density at radius 2 is 1.52 bits per heavy atom. The van der Waals surface area contributed by atoms with Crippen molar-refractivity contribution in [3.63, 3.8) is 0 Å². The van der Waals surface area contributed by atoms with E-state index in [0.717, 1.165) is 23.6 Å². The predicted molar refractivity (Wildman–Crippen MR) is 216 cm³/mol. The van der Waals surface area contributed by atoms with Crippen molar-refractivity contribution in [2.75, 3.05) is 117 Å². The van der Waals surface area contributed by atoms with Gasteiger partial charge in [-0.3, -0.25) is 53.4 Å². The van der Waals surface area contributed by atoms with E-state index in [1.54, 1.807) is 31.7 Å². The number of aliphatic carboxylic acids is 3. The number of carboxylic acid groups (broad SMARTS) is 3. The fraction of sp³-hybridized carbons (Fsp3) is 0.600. The van der Waals surface area contributed by atoms with E-state index in [9.17, 15) is 58.1 Å². The summed E-state index contributed by atoms with van der Waals surface area (Å²) in [5.74, 6) is -7.83. The van der Waals surface area contributed by atoms with Crippen LogP contribution in [-0.4, -0.2) is 215 Å². The summed E-state index contributed by atoms with van der Waals surface area (Å²) in [4.78, 5) is 90.6. The Hall–Kier alpha value is -5.56. The first-order chi connectivity index (χ1) is 29.0. The van der Waals surface area contributed by atoms with Crippen LogP contribution >= 0.6 is 0 Å². The Morgan fingerprint density at radius 1 is 0.902 bits per heavy atom. The first-order valence-electron chi connectivity index (χ1n) is 20.3. The van der Waals surface area contributed by atoms with Crippen molar-refractivity contribution in [3.05, 3.63) is 36.0 Å². The number of aromatic nitrogens is 1. The van der Waals surface area contributed by atoms with Gasteiger partial charge in [0.1, 0.15) is 12.1 Å². The summed E-state index contributed by atoms with van der Waals surface area (Å²) in [5.41, 5.74) is 1.62. The number of alkyl halides is 2. The first-order valence-corrected chi connectivity index (χ1v) is 20.3. The third kappa shape index (κ3) is 13.2. The molecule has 1 aromatic heterocycles. The zero-order valence-corrected chi connectivity index (χ0v) is 34.3. The van der Waals surface area contributed by atoms with Crippen LogP contribution in [0.4, 0.5) is 14.5 Å². The maximum atomic E-state index is 13.8. The Bertz CT molecular complexity index is 1930. The van der Waals surface area contributed by atoms with Crippen molar-refractivity contribution in [1.29, 1.82) is 5.26 Å². The van der Waals surface area contributed by atoms with Crippen LogP contribution in [0.15, 0.2) is 30.5 Å². The number of amides is 3. The molecule has 3 aliphatic rings. The van der Waals surface area contributed by atoms with Gasteiger partial charge < -0.3 is 35.3 Å². The second-order valence-electron chi connectivity index (χ2n) is 15.7. The number of benzene rings is 1. The van der Waals surface area contributed by atoms with Gasteiger partial charge in [-0.05, 0) is 43.7 Å². The molecule has 4 N–H and O–H groups in total.